The van der Waals surface area contributed by atoms with Crippen LogP contribution in [0.2, 0.25) is 0 Å². The van der Waals surface area contributed by atoms with Crippen LogP contribution >= 0.6 is 0 Å². The number of rotatable bonds is 6. The largest absolute Gasteiger partial charge is 0.493 e. The van der Waals surface area contributed by atoms with Crippen LogP contribution in [-0.2, 0) is 25.8 Å². The number of amides is 3. The average Bonchev–Trinajstić information content (AvgIpc) is 2.97. The number of hydroxylamine groups is 1. The molecule has 0 spiro atoms. The first-order valence-electron chi connectivity index (χ1n) is 14.1. The van der Waals surface area contributed by atoms with Crippen molar-refractivity contribution in [2.75, 3.05) is 13.1 Å². The maximum Gasteiger partial charge on any atom is 0.493 e. The van der Waals surface area contributed by atoms with E-state index in [0.717, 1.165) is 22.2 Å². The van der Waals surface area contributed by atoms with Gasteiger partial charge in [-0.05, 0) is 70.5 Å². The summed E-state index contributed by atoms with van der Waals surface area (Å²) in [7, 11) is 0. The lowest BCUT2D eigenvalue weighted by molar-refractivity contribution is -0.208. The van der Waals surface area contributed by atoms with Crippen molar-refractivity contribution in [3.05, 3.63) is 71.4 Å². The van der Waals surface area contributed by atoms with Gasteiger partial charge in [-0.3, -0.25) is 14.6 Å². The Balaban J connectivity index is 1.44. The Hall–Kier alpha value is -4.88. The van der Waals surface area contributed by atoms with Gasteiger partial charge in [-0.2, -0.15) is 18.7 Å². The minimum atomic E-state index is -5.32. The number of alkyl halides is 3. The maximum atomic E-state index is 13.2. The fraction of sp³-hybridized carbons (Fsp3) is 0.387. The van der Waals surface area contributed by atoms with Gasteiger partial charge in [0.2, 0.25) is 0 Å². The van der Waals surface area contributed by atoms with Gasteiger partial charge in [-0.25, -0.2) is 9.59 Å². The fourth-order valence-corrected chi connectivity index (χ4v) is 4.76. The van der Waals surface area contributed by atoms with Gasteiger partial charge in [0, 0.05) is 35.3 Å². The number of halogens is 3. The number of piperidine rings is 1. The van der Waals surface area contributed by atoms with Crippen molar-refractivity contribution in [2.45, 2.75) is 58.5 Å². The number of ether oxygens (including phenoxy) is 2. The molecule has 2 N–H and O–H groups in total. The Morgan fingerprint density at radius 1 is 1.02 bits per heavy atom. The highest BCUT2D eigenvalue weighted by molar-refractivity contribution is 5.95. The number of hydrogen-bond donors (Lipinski definition) is 2. The molecule has 1 saturated heterocycles. The summed E-state index contributed by atoms with van der Waals surface area (Å²) < 4.78 is 49.0. The molecule has 1 fully saturated rings. The van der Waals surface area contributed by atoms with E-state index in [1.165, 1.54) is 22.5 Å². The molecule has 2 aromatic carbocycles. The number of benzene rings is 2. The predicted molar refractivity (Wildman–Crippen MR) is 155 cm³/mol. The lowest BCUT2D eigenvalue weighted by Gasteiger charge is -2.38. The summed E-state index contributed by atoms with van der Waals surface area (Å²) in [5.74, 6) is -4.92. The molecule has 11 nitrogen and oxygen atoms in total. The van der Waals surface area contributed by atoms with Crippen molar-refractivity contribution in [3.8, 4) is 5.75 Å². The van der Waals surface area contributed by atoms with E-state index in [4.69, 9.17) is 9.47 Å². The first-order valence-corrected chi connectivity index (χ1v) is 14.1. The van der Waals surface area contributed by atoms with Crippen LogP contribution in [0, 0.1) is 12.8 Å². The minimum Gasteiger partial charge on any atom is -0.489 e. The summed E-state index contributed by atoms with van der Waals surface area (Å²) in [6, 6.07) is 14.8. The van der Waals surface area contributed by atoms with Gasteiger partial charge in [0.15, 0.2) is 0 Å². The number of carbonyl (C=O) groups is 4. The highest BCUT2D eigenvalue weighted by Gasteiger charge is 2.43. The van der Waals surface area contributed by atoms with E-state index in [0.29, 0.717) is 5.75 Å². The zero-order valence-corrected chi connectivity index (χ0v) is 25.1. The maximum absolute atomic E-state index is 13.2. The number of fused-ring (bicyclic) bond motifs is 1. The molecule has 1 aromatic heterocycles. The van der Waals surface area contributed by atoms with E-state index < -0.39 is 47.6 Å². The summed E-state index contributed by atoms with van der Waals surface area (Å²) in [4.78, 5) is 59.4. The molecule has 1 aliphatic rings. The number of para-hydroxylation sites is 1. The number of aromatic nitrogens is 1. The van der Waals surface area contributed by atoms with Crippen LogP contribution < -0.4 is 15.5 Å². The third-order valence-corrected chi connectivity index (χ3v) is 6.83. The van der Waals surface area contributed by atoms with Crippen molar-refractivity contribution < 1.29 is 46.7 Å². The lowest BCUT2D eigenvalue weighted by atomic mass is 9.90. The van der Waals surface area contributed by atoms with Crippen LogP contribution in [0.1, 0.15) is 48.8 Å². The van der Waals surface area contributed by atoms with E-state index >= 15 is 0 Å². The van der Waals surface area contributed by atoms with Crippen LogP contribution in [0.5, 0.6) is 5.75 Å². The molecule has 2 atom stereocenters. The van der Waals surface area contributed by atoms with Crippen LogP contribution in [0.4, 0.5) is 18.0 Å². The standard InChI is InChI=1S/C31H33F3N4O7/c1-18-15-20(22-7-5-6-8-24(22)35-18)17-43-21-11-9-19(10-12-21)26(39)36-25-16-38(29(42)44-30(2,3)4)14-13-23(25)27(40)37-45-28(41)31(32,33)34/h5-12,15,23,25H,13-14,16-17H2,1-4H3,(H,36,39)(H,37,40)/t23-,25-/m0/s1. The number of hydrogen-bond acceptors (Lipinski definition) is 8. The Morgan fingerprint density at radius 2 is 1.71 bits per heavy atom. The van der Waals surface area contributed by atoms with Gasteiger partial charge in [0.1, 0.15) is 18.0 Å². The normalized spacial score (nSPS) is 16.9. The number of carbonyl (C=O) groups excluding carboxylic acids is 4. The fourth-order valence-electron chi connectivity index (χ4n) is 4.76. The van der Waals surface area contributed by atoms with Crippen molar-refractivity contribution >= 4 is 34.8 Å². The van der Waals surface area contributed by atoms with Gasteiger partial charge < -0.3 is 24.5 Å². The Kier molecular flexibility index (Phi) is 9.84. The quantitative estimate of drug-likeness (QED) is 0.377. The highest BCUT2D eigenvalue weighted by atomic mass is 19.4. The minimum absolute atomic E-state index is 0.00487. The smallest absolute Gasteiger partial charge is 0.489 e. The molecule has 0 saturated carbocycles. The molecule has 1 aliphatic heterocycles. The molecular formula is C31H33F3N4O7. The summed E-state index contributed by atoms with van der Waals surface area (Å²) >= 11 is 0. The van der Waals surface area contributed by atoms with Gasteiger partial charge >= 0.3 is 18.2 Å². The van der Waals surface area contributed by atoms with Gasteiger partial charge in [0.05, 0.1) is 17.5 Å². The molecular weight excluding hydrogens is 597 g/mol. The molecule has 4 rings (SSSR count). The van der Waals surface area contributed by atoms with E-state index in [1.807, 2.05) is 37.3 Å². The van der Waals surface area contributed by atoms with Crippen molar-refractivity contribution in [1.82, 2.24) is 20.7 Å². The van der Waals surface area contributed by atoms with Crippen LogP contribution in [-0.4, -0.2) is 64.7 Å². The lowest BCUT2D eigenvalue weighted by Crippen LogP contribution is -2.58. The Morgan fingerprint density at radius 3 is 2.38 bits per heavy atom. The number of nitrogens with zero attached hydrogens (tertiary/aromatic N) is 2. The predicted octanol–water partition coefficient (Wildman–Crippen LogP) is 4.61. The summed E-state index contributed by atoms with van der Waals surface area (Å²) in [5, 5.41) is 3.63. The average molecular weight is 631 g/mol. The number of aryl methyl sites for hydroxylation is 1. The molecule has 3 amide bonds. The first-order chi connectivity index (χ1) is 21.1. The monoisotopic (exact) mass is 630 g/mol. The topological polar surface area (TPSA) is 136 Å². The summed E-state index contributed by atoms with van der Waals surface area (Å²) in [6.07, 6.45) is -6.07. The molecule has 3 aromatic rings. The van der Waals surface area contributed by atoms with Crippen LogP contribution in [0.3, 0.4) is 0 Å². The number of pyridine rings is 1. The summed E-state index contributed by atoms with van der Waals surface area (Å²) in [5.41, 5.74) is 3.54. The summed E-state index contributed by atoms with van der Waals surface area (Å²) in [6.45, 7) is 6.99. The Labute approximate surface area is 257 Å². The molecule has 240 valence electrons. The molecule has 2 heterocycles. The zero-order chi connectivity index (χ0) is 32.9. The SMILES string of the molecule is Cc1cc(COc2ccc(C(=O)N[C@H]3CN(C(=O)OC(C)(C)C)CC[C@@H]3C(=O)NOC(=O)C(F)(F)F)cc2)c2ccccc2n1. The first kappa shape index (κ1) is 33.0. The van der Waals surface area contributed by atoms with E-state index in [-0.39, 0.29) is 31.7 Å². The second kappa shape index (κ2) is 13.4. The van der Waals surface area contributed by atoms with Crippen molar-refractivity contribution in [3.63, 3.8) is 0 Å². The molecule has 0 aliphatic carbocycles. The van der Waals surface area contributed by atoms with Crippen LogP contribution in [0.25, 0.3) is 10.9 Å². The van der Waals surface area contributed by atoms with E-state index in [9.17, 15) is 32.3 Å². The zero-order valence-electron chi connectivity index (χ0n) is 25.1. The molecule has 14 heteroatoms. The second-order valence-electron chi connectivity index (χ2n) is 11.5. The third kappa shape index (κ3) is 8.83. The second-order valence-corrected chi connectivity index (χ2v) is 11.5. The van der Waals surface area contributed by atoms with Gasteiger partial charge in [-0.15, -0.1) is 0 Å². The van der Waals surface area contributed by atoms with Crippen molar-refractivity contribution in [2.24, 2.45) is 5.92 Å². The molecule has 0 unspecified atom stereocenters. The number of likely N-dealkylation sites (tertiary alicyclic amines) is 1. The van der Waals surface area contributed by atoms with Gasteiger partial charge in [-0.1, -0.05) is 18.2 Å². The van der Waals surface area contributed by atoms with E-state index in [2.05, 4.69) is 15.1 Å². The van der Waals surface area contributed by atoms with Crippen molar-refractivity contribution in [1.29, 1.82) is 0 Å². The highest BCUT2D eigenvalue weighted by Crippen LogP contribution is 2.24. The number of nitrogens with one attached hydrogen (secondary N) is 2. The third-order valence-electron chi connectivity index (χ3n) is 6.83. The molecule has 0 radical (unpaired) electrons. The van der Waals surface area contributed by atoms with Crippen LogP contribution in [0.15, 0.2) is 54.6 Å². The Bertz CT molecular complexity index is 1570. The van der Waals surface area contributed by atoms with E-state index in [1.54, 1.807) is 32.9 Å². The molecule has 0 bridgehead atoms. The van der Waals surface area contributed by atoms with Gasteiger partial charge in [0.25, 0.3) is 11.8 Å². The molecule has 45 heavy (non-hydrogen) atoms.